The van der Waals surface area contributed by atoms with Crippen molar-refractivity contribution in [3.8, 4) is 5.75 Å². The number of thiocarbonyl (C=S) groups is 1. The van der Waals surface area contributed by atoms with Gasteiger partial charge in [0.1, 0.15) is 5.75 Å². The number of phenols is 1. The lowest BCUT2D eigenvalue weighted by atomic mass is 10.1. The Labute approximate surface area is 124 Å². The fraction of sp³-hybridized carbons (Fsp3) is 0.188. The molecule has 3 N–H and O–H groups in total. The Morgan fingerprint density at radius 3 is 2.40 bits per heavy atom. The molecule has 4 heteroatoms. The molecule has 0 saturated carbocycles. The highest BCUT2D eigenvalue weighted by Gasteiger charge is 2.00. The van der Waals surface area contributed by atoms with Gasteiger partial charge in [-0.15, -0.1) is 0 Å². The molecule has 2 rings (SSSR count). The highest BCUT2D eigenvalue weighted by molar-refractivity contribution is 7.80. The molecule has 20 heavy (non-hydrogen) atoms. The monoisotopic (exact) mass is 286 g/mol. The fourth-order valence-electron chi connectivity index (χ4n) is 1.87. The Balaban J connectivity index is 1.69. The van der Waals surface area contributed by atoms with E-state index in [1.807, 2.05) is 36.4 Å². The van der Waals surface area contributed by atoms with Gasteiger partial charge in [-0.3, -0.25) is 0 Å². The third-order valence-electron chi connectivity index (χ3n) is 2.97. The first-order valence-corrected chi connectivity index (χ1v) is 6.99. The van der Waals surface area contributed by atoms with E-state index in [1.54, 1.807) is 6.07 Å². The summed E-state index contributed by atoms with van der Waals surface area (Å²) < 4.78 is 0. The maximum atomic E-state index is 9.65. The molecule has 0 atom stereocenters. The van der Waals surface area contributed by atoms with Crippen LogP contribution in [-0.2, 0) is 13.0 Å². The first-order valence-electron chi connectivity index (χ1n) is 6.58. The first kappa shape index (κ1) is 14.3. The quantitative estimate of drug-likeness (QED) is 0.739. The van der Waals surface area contributed by atoms with Gasteiger partial charge in [0.15, 0.2) is 5.11 Å². The molecule has 0 aromatic heterocycles. The van der Waals surface area contributed by atoms with Gasteiger partial charge in [0.25, 0.3) is 0 Å². The van der Waals surface area contributed by atoms with Crippen molar-refractivity contribution in [2.75, 3.05) is 6.54 Å². The van der Waals surface area contributed by atoms with E-state index in [-0.39, 0.29) is 0 Å². The summed E-state index contributed by atoms with van der Waals surface area (Å²) in [7, 11) is 0. The van der Waals surface area contributed by atoms with Crippen LogP contribution in [0.25, 0.3) is 0 Å². The van der Waals surface area contributed by atoms with E-state index < -0.39 is 0 Å². The molecule has 0 aliphatic heterocycles. The van der Waals surface area contributed by atoms with Gasteiger partial charge in [0, 0.05) is 13.1 Å². The third kappa shape index (κ3) is 4.55. The molecule has 0 fully saturated rings. The van der Waals surface area contributed by atoms with Crippen LogP contribution in [0.2, 0.25) is 0 Å². The van der Waals surface area contributed by atoms with Crippen LogP contribution >= 0.6 is 12.2 Å². The molecule has 2 aromatic carbocycles. The topological polar surface area (TPSA) is 44.3 Å². The number of aromatic hydroxyl groups is 1. The Hall–Kier alpha value is -2.07. The molecule has 0 spiro atoms. The molecule has 0 aliphatic rings. The lowest BCUT2D eigenvalue weighted by Crippen LogP contribution is -2.35. The van der Waals surface area contributed by atoms with Gasteiger partial charge in [-0.05, 0) is 35.8 Å². The second kappa shape index (κ2) is 7.50. The van der Waals surface area contributed by atoms with Crippen molar-refractivity contribution in [2.24, 2.45) is 0 Å². The zero-order chi connectivity index (χ0) is 14.2. The molecule has 0 heterocycles. The van der Waals surface area contributed by atoms with Gasteiger partial charge >= 0.3 is 0 Å². The average Bonchev–Trinajstić information content (AvgIpc) is 2.48. The van der Waals surface area contributed by atoms with E-state index in [0.29, 0.717) is 24.0 Å². The van der Waals surface area contributed by atoms with Gasteiger partial charge < -0.3 is 15.7 Å². The number of phenolic OH excluding ortho intramolecular Hbond substituents is 1. The molecular weight excluding hydrogens is 268 g/mol. The molecule has 0 radical (unpaired) electrons. The highest BCUT2D eigenvalue weighted by atomic mass is 32.1. The number of hydrogen-bond donors (Lipinski definition) is 3. The van der Waals surface area contributed by atoms with Crippen LogP contribution in [-0.4, -0.2) is 16.8 Å². The van der Waals surface area contributed by atoms with Crippen molar-refractivity contribution in [1.82, 2.24) is 10.6 Å². The second-order valence-electron chi connectivity index (χ2n) is 4.47. The van der Waals surface area contributed by atoms with Crippen molar-refractivity contribution in [1.29, 1.82) is 0 Å². The van der Waals surface area contributed by atoms with Gasteiger partial charge in [-0.2, -0.15) is 0 Å². The minimum absolute atomic E-state index is 0.331. The van der Waals surface area contributed by atoms with Crippen molar-refractivity contribution < 1.29 is 5.11 Å². The van der Waals surface area contributed by atoms with Gasteiger partial charge in [0.05, 0.1) is 0 Å². The first-order chi connectivity index (χ1) is 9.75. The summed E-state index contributed by atoms with van der Waals surface area (Å²) in [6.07, 6.45) is 0.736. The Morgan fingerprint density at radius 1 is 0.950 bits per heavy atom. The molecule has 0 unspecified atom stereocenters. The van der Waals surface area contributed by atoms with E-state index in [4.69, 9.17) is 12.2 Å². The summed E-state index contributed by atoms with van der Waals surface area (Å²) in [4.78, 5) is 0. The SMILES string of the molecule is Oc1ccccc1CCNC(=S)NCc1ccccc1. The minimum atomic E-state index is 0.331. The lowest BCUT2D eigenvalue weighted by Gasteiger charge is -2.11. The molecular formula is C16H18N2OS. The van der Waals surface area contributed by atoms with E-state index in [0.717, 1.165) is 12.0 Å². The van der Waals surface area contributed by atoms with E-state index in [2.05, 4.69) is 22.8 Å². The zero-order valence-electron chi connectivity index (χ0n) is 11.2. The number of benzene rings is 2. The Morgan fingerprint density at radius 2 is 1.65 bits per heavy atom. The Bertz CT molecular complexity index is 557. The lowest BCUT2D eigenvalue weighted by molar-refractivity contribution is 0.468. The fourth-order valence-corrected chi connectivity index (χ4v) is 2.05. The van der Waals surface area contributed by atoms with Crippen LogP contribution in [0.4, 0.5) is 0 Å². The molecule has 2 aromatic rings. The van der Waals surface area contributed by atoms with E-state index in [9.17, 15) is 5.11 Å². The van der Waals surface area contributed by atoms with Gasteiger partial charge in [-0.1, -0.05) is 48.5 Å². The maximum Gasteiger partial charge on any atom is 0.166 e. The number of para-hydroxylation sites is 1. The number of rotatable bonds is 5. The van der Waals surface area contributed by atoms with Crippen molar-refractivity contribution in [2.45, 2.75) is 13.0 Å². The minimum Gasteiger partial charge on any atom is -0.508 e. The molecule has 0 aliphatic carbocycles. The molecule has 0 bridgehead atoms. The van der Waals surface area contributed by atoms with Crippen LogP contribution in [0.3, 0.4) is 0 Å². The summed E-state index contributed by atoms with van der Waals surface area (Å²) in [6.45, 7) is 1.40. The van der Waals surface area contributed by atoms with Crippen LogP contribution in [0.15, 0.2) is 54.6 Å². The normalized spacial score (nSPS) is 10.0. The number of nitrogens with one attached hydrogen (secondary N) is 2. The average molecular weight is 286 g/mol. The summed E-state index contributed by atoms with van der Waals surface area (Å²) in [5.74, 6) is 0.331. The maximum absolute atomic E-state index is 9.65. The summed E-state index contributed by atoms with van der Waals surface area (Å²) >= 11 is 5.22. The predicted molar refractivity (Wildman–Crippen MR) is 85.7 cm³/mol. The van der Waals surface area contributed by atoms with Gasteiger partial charge in [-0.25, -0.2) is 0 Å². The second-order valence-corrected chi connectivity index (χ2v) is 4.88. The Kier molecular flexibility index (Phi) is 5.38. The molecule has 104 valence electrons. The van der Waals surface area contributed by atoms with E-state index in [1.165, 1.54) is 5.56 Å². The predicted octanol–water partition coefficient (Wildman–Crippen LogP) is 2.60. The number of hydrogen-bond acceptors (Lipinski definition) is 2. The standard InChI is InChI=1S/C16H18N2OS/c19-15-9-5-4-8-14(15)10-11-17-16(20)18-12-13-6-2-1-3-7-13/h1-9,19H,10-12H2,(H2,17,18,20). The zero-order valence-corrected chi connectivity index (χ0v) is 12.0. The highest BCUT2D eigenvalue weighted by Crippen LogP contribution is 2.15. The van der Waals surface area contributed by atoms with Crippen molar-refractivity contribution >= 4 is 17.3 Å². The smallest absolute Gasteiger partial charge is 0.166 e. The van der Waals surface area contributed by atoms with Crippen LogP contribution in [0, 0.1) is 0 Å². The van der Waals surface area contributed by atoms with Crippen molar-refractivity contribution in [3.05, 3.63) is 65.7 Å². The third-order valence-corrected chi connectivity index (χ3v) is 3.26. The van der Waals surface area contributed by atoms with E-state index >= 15 is 0 Å². The summed E-state index contributed by atoms with van der Waals surface area (Å²) in [6, 6.07) is 17.5. The van der Waals surface area contributed by atoms with Gasteiger partial charge in [0.2, 0.25) is 0 Å². The summed E-state index contributed by atoms with van der Waals surface area (Å²) in [5.41, 5.74) is 2.11. The largest absolute Gasteiger partial charge is 0.508 e. The van der Waals surface area contributed by atoms with Crippen LogP contribution < -0.4 is 10.6 Å². The van der Waals surface area contributed by atoms with Crippen LogP contribution in [0.5, 0.6) is 5.75 Å². The summed E-state index contributed by atoms with van der Waals surface area (Å²) in [5, 5.41) is 16.6. The molecule has 0 saturated heterocycles. The molecule has 0 amide bonds. The van der Waals surface area contributed by atoms with Crippen molar-refractivity contribution in [3.63, 3.8) is 0 Å². The molecule has 3 nitrogen and oxygen atoms in total. The van der Waals surface area contributed by atoms with Crippen LogP contribution in [0.1, 0.15) is 11.1 Å².